The lowest BCUT2D eigenvalue weighted by molar-refractivity contribution is -0.137. The van der Waals surface area contributed by atoms with Gasteiger partial charge in [0.25, 0.3) is 0 Å². The summed E-state index contributed by atoms with van der Waals surface area (Å²) in [5.74, 6) is -0.438. The summed E-state index contributed by atoms with van der Waals surface area (Å²) in [5.41, 5.74) is 1.81. The number of urea groups is 1. The first-order valence-electron chi connectivity index (χ1n) is 7.17. The number of amides is 2. The van der Waals surface area contributed by atoms with E-state index in [2.05, 4.69) is 19.2 Å². The molecule has 0 saturated carbocycles. The molecule has 0 bridgehead atoms. The Morgan fingerprint density at radius 1 is 1.24 bits per heavy atom. The summed E-state index contributed by atoms with van der Waals surface area (Å²) in [7, 11) is 0. The lowest BCUT2D eigenvalue weighted by Crippen LogP contribution is -2.40. The highest BCUT2D eigenvalue weighted by Gasteiger charge is 2.18. The molecule has 5 heteroatoms. The van der Waals surface area contributed by atoms with Crippen molar-refractivity contribution in [1.82, 2.24) is 4.90 Å². The zero-order valence-corrected chi connectivity index (χ0v) is 13.1. The first-order chi connectivity index (χ1) is 9.79. The van der Waals surface area contributed by atoms with Gasteiger partial charge in [0.2, 0.25) is 0 Å². The van der Waals surface area contributed by atoms with E-state index in [9.17, 15) is 9.59 Å². The molecule has 0 fully saturated rings. The van der Waals surface area contributed by atoms with E-state index >= 15 is 0 Å². The van der Waals surface area contributed by atoms with Gasteiger partial charge in [0, 0.05) is 12.2 Å². The molecule has 116 valence electrons. The molecule has 0 aliphatic rings. The maximum Gasteiger partial charge on any atom is 0.323 e. The van der Waals surface area contributed by atoms with E-state index in [4.69, 9.17) is 5.11 Å². The number of benzene rings is 1. The molecule has 0 aliphatic heterocycles. The lowest BCUT2D eigenvalue weighted by atomic mass is 10.0. The average molecular weight is 292 g/mol. The Morgan fingerprint density at radius 3 is 2.43 bits per heavy atom. The molecule has 1 aromatic rings. The summed E-state index contributed by atoms with van der Waals surface area (Å²) in [6.07, 6.45) is 0. The second-order valence-corrected chi connectivity index (χ2v) is 5.88. The van der Waals surface area contributed by atoms with Crippen LogP contribution < -0.4 is 5.32 Å². The summed E-state index contributed by atoms with van der Waals surface area (Å²) in [4.78, 5) is 24.4. The van der Waals surface area contributed by atoms with Crippen LogP contribution in [0, 0.1) is 5.92 Å². The van der Waals surface area contributed by atoms with Gasteiger partial charge in [0.15, 0.2) is 0 Å². The van der Waals surface area contributed by atoms with Crippen molar-refractivity contribution in [3.8, 4) is 0 Å². The summed E-state index contributed by atoms with van der Waals surface area (Å²) < 4.78 is 0. The maximum absolute atomic E-state index is 12.2. The van der Waals surface area contributed by atoms with Crippen molar-refractivity contribution in [3.05, 3.63) is 29.8 Å². The fourth-order valence-electron chi connectivity index (χ4n) is 2.00. The van der Waals surface area contributed by atoms with Crippen LogP contribution in [-0.2, 0) is 4.79 Å². The smallest absolute Gasteiger partial charge is 0.323 e. The van der Waals surface area contributed by atoms with Crippen LogP contribution in [0.3, 0.4) is 0 Å². The van der Waals surface area contributed by atoms with E-state index in [1.165, 1.54) is 4.90 Å². The minimum Gasteiger partial charge on any atom is -0.480 e. The Labute approximate surface area is 126 Å². The number of aliphatic carboxylic acids is 1. The number of carboxylic acid groups (broad SMARTS) is 1. The topological polar surface area (TPSA) is 69.6 Å². The zero-order chi connectivity index (χ0) is 16.0. The van der Waals surface area contributed by atoms with E-state index in [-0.39, 0.29) is 18.5 Å². The van der Waals surface area contributed by atoms with Crippen LogP contribution >= 0.6 is 0 Å². The quantitative estimate of drug-likeness (QED) is 0.844. The van der Waals surface area contributed by atoms with Gasteiger partial charge in [0.05, 0.1) is 0 Å². The number of carbonyl (C=O) groups excluding carboxylic acids is 1. The number of carboxylic acids is 1. The summed E-state index contributed by atoms with van der Waals surface area (Å²) in [6, 6.07) is 7.22. The Morgan fingerprint density at radius 2 is 1.90 bits per heavy atom. The van der Waals surface area contributed by atoms with Gasteiger partial charge in [0.1, 0.15) is 6.54 Å². The fourth-order valence-corrected chi connectivity index (χ4v) is 2.00. The molecular formula is C16H24N2O3. The lowest BCUT2D eigenvalue weighted by Gasteiger charge is -2.23. The van der Waals surface area contributed by atoms with Crippen LogP contribution in [0.4, 0.5) is 10.5 Å². The minimum atomic E-state index is -1.01. The second kappa shape index (κ2) is 7.67. The molecule has 1 rings (SSSR count). The van der Waals surface area contributed by atoms with Gasteiger partial charge in [-0.1, -0.05) is 39.8 Å². The molecule has 0 aliphatic carbocycles. The number of hydrogen-bond donors (Lipinski definition) is 2. The number of carbonyl (C=O) groups is 2. The standard InChI is InChI=1S/C16H24N2O3/c1-11(2)9-18(10-15(19)20)16(21)17-14-7-5-6-13(8-14)12(3)4/h5-8,11-12H,9-10H2,1-4H3,(H,17,21)(H,19,20). The van der Waals surface area contributed by atoms with Crippen LogP contribution in [0.15, 0.2) is 24.3 Å². The molecular weight excluding hydrogens is 268 g/mol. The fraction of sp³-hybridized carbons (Fsp3) is 0.500. The monoisotopic (exact) mass is 292 g/mol. The second-order valence-electron chi connectivity index (χ2n) is 5.88. The van der Waals surface area contributed by atoms with Crippen molar-refractivity contribution >= 4 is 17.7 Å². The van der Waals surface area contributed by atoms with Gasteiger partial charge < -0.3 is 15.3 Å². The highest BCUT2D eigenvalue weighted by Crippen LogP contribution is 2.18. The summed E-state index contributed by atoms with van der Waals surface area (Å²) in [6.45, 7) is 8.16. The van der Waals surface area contributed by atoms with Crippen molar-refractivity contribution in [2.24, 2.45) is 5.92 Å². The number of rotatable bonds is 6. The van der Waals surface area contributed by atoms with E-state index < -0.39 is 5.97 Å². The number of nitrogens with one attached hydrogen (secondary N) is 1. The molecule has 0 heterocycles. The van der Waals surface area contributed by atoms with Crippen molar-refractivity contribution in [3.63, 3.8) is 0 Å². The Hall–Kier alpha value is -2.04. The third-order valence-corrected chi connectivity index (χ3v) is 3.00. The van der Waals surface area contributed by atoms with E-state index in [1.807, 2.05) is 32.0 Å². The van der Waals surface area contributed by atoms with E-state index in [0.29, 0.717) is 18.2 Å². The first kappa shape index (κ1) is 17.0. The third kappa shape index (κ3) is 5.85. The molecule has 0 radical (unpaired) electrons. The molecule has 21 heavy (non-hydrogen) atoms. The third-order valence-electron chi connectivity index (χ3n) is 3.00. The molecule has 0 unspecified atom stereocenters. The molecule has 0 spiro atoms. The molecule has 2 N–H and O–H groups in total. The molecule has 0 atom stereocenters. The zero-order valence-electron chi connectivity index (χ0n) is 13.1. The van der Waals surface area contributed by atoms with E-state index in [0.717, 1.165) is 5.56 Å². The van der Waals surface area contributed by atoms with Gasteiger partial charge in [-0.2, -0.15) is 0 Å². The Balaban J connectivity index is 2.80. The predicted octanol–water partition coefficient (Wildman–Crippen LogP) is 3.38. The largest absolute Gasteiger partial charge is 0.480 e. The van der Waals surface area contributed by atoms with Crippen molar-refractivity contribution in [1.29, 1.82) is 0 Å². The molecule has 0 saturated heterocycles. The van der Waals surface area contributed by atoms with Crippen molar-refractivity contribution in [2.75, 3.05) is 18.4 Å². The first-order valence-corrected chi connectivity index (χ1v) is 7.17. The number of nitrogens with zero attached hydrogens (tertiary/aromatic N) is 1. The molecule has 1 aromatic carbocycles. The number of anilines is 1. The maximum atomic E-state index is 12.2. The van der Waals surface area contributed by atoms with Gasteiger partial charge in [-0.3, -0.25) is 4.79 Å². The van der Waals surface area contributed by atoms with Crippen LogP contribution in [-0.4, -0.2) is 35.1 Å². The van der Waals surface area contributed by atoms with Gasteiger partial charge in [-0.05, 0) is 29.5 Å². The molecule has 5 nitrogen and oxygen atoms in total. The number of hydrogen-bond acceptors (Lipinski definition) is 2. The van der Waals surface area contributed by atoms with Crippen LogP contribution in [0.25, 0.3) is 0 Å². The van der Waals surface area contributed by atoms with E-state index in [1.54, 1.807) is 6.07 Å². The highest BCUT2D eigenvalue weighted by atomic mass is 16.4. The highest BCUT2D eigenvalue weighted by molar-refractivity contribution is 5.91. The summed E-state index contributed by atoms with van der Waals surface area (Å²) >= 11 is 0. The van der Waals surface area contributed by atoms with Gasteiger partial charge in [-0.25, -0.2) is 4.79 Å². The van der Waals surface area contributed by atoms with Gasteiger partial charge >= 0.3 is 12.0 Å². The Kier molecular flexibility index (Phi) is 6.21. The Bertz CT molecular complexity index is 498. The summed E-state index contributed by atoms with van der Waals surface area (Å²) in [5, 5.41) is 11.7. The molecule has 2 amide bonds. The van der Waals surface area contributed by atoms with Crippen molar-refractivity contribution in [2.45, 2.75) is 33.6 Å². The van der Waals surface area contributed by atoms with Crippen LogP contribution in [0.1, 0.15) is 39.2 Å². The SMILES string of the molecule is CC(C)CN(CC(=O)O)C(=O)Nc1cccc(C(C)C)c1. The van der Waals surface area contributed by atoms with Crippen molar-refractivity contribution < 1.29 is 14.7 Å². The van der Waals surface area contributed by atoms with Crippen LogP contribution in [0.2, 0.25) is 0 Å². The minimum absolute atomic E-state index is 0.206. The van der Waals surface area contributed by atoms with Crippen LogP contribution in [0.5, 0.6) is 0 Å². The van der Waals surface area contributed by atoms with Gasteiger partial charge in [-0.15, -0.1) is 0 Å². The normalized spacial score (nSPS) is 10.8. The molecule has 0 aromatic heterocycles. The predicted molar refractivity (Wildman–Crippen MR) is 83.6 cm³/mol. The average Bonchev–Trinajstić information content (AvgIpc) is 2.37.